The zero-order valence-electron chi connectivity index (χ0n) is 9.59. The number of nitrogens with zero attached hydrogens (tertiary/aromatic N) is 1. The summed E-state index contributed by atoms with van der Waals surface area (Å²) in [4.78, 5) is 2.21. The molecule has 1 aromatic carbocycles. The Morgan fingerprint density at radius 2 is 1.79 bits per heavy atom. The first-order valence-electron chi connectivity index (χ1n) is 5.06. The summed E-state index contributed by atoms with van der Waals surface area (Å²) in [5, 5.41) is 0. The Labute approximate surface area is 86.7 Å². The lowest BCUT2D eigenvalue weighted by atomic mass is 10.0. The van der Waals surface area contributed by atoms with Gasteiger partial charge in [-0.05, 0) is 43.5 Å². The maximum Gasteiger partial charge on any atom is 0.0396 e. The first-order valence-corrected chi connectivity index (χ1v) is 5.06. The van der Waals surface area contributed by atoms with Gasteiger partial charge in [0.05, 0.1) is 0 Å². The van der Waals surface area contributed by atoms with E-state index in [0.717, 1.165) is 6.54 Å². The van der Waals surface area contributed by atoms with Gasteiger partial charge in [-0.2, -0.15) is 0 Å². The van der Waals surface area contributed by atoms with E-state index < -0.39 is 0 Å². The Balaban J connectivity index is 3.04. The van der Waals surface area contributed by atoms with Crippen molar-refractivity contribution in [2.75, 3.05) is 25.0 Å². The molecule has 2 heteroatoms. The summed E-state index contributed by atoms with van der Waals surface area (Å²) < 4.78 is 0. The highest BCUT2D eigenvalue weighted by molar-refractivity contribution is 5.57. The fourth-order valence-electron chi connectivity index (χ4n) is 1.67. The van der Waals surface area contributed by atoms with E-state index in [0.29, 0.717) is 6.54 Å². The van der Waals surface area contributed by atoms with Gasteiger partial charge in [-0.25, -0.2) is 0 Å². The van der Waals surface area contributed by atoms with E-state index >= 15 is 0 Å². The molecule has 1 aromatic rings. The summed E-state index contributed by atoms with van der Waals surface area (Å²) in [5.41, 5.74) is 10.9. The van der Waals surface area contributed by atoms with Gasteiger partial charge in [-0.1, -0.05) is 6.07 Å². The number of anilines is 1. The van der Waals surface area contributed by atoms with Gasteiger partial charge in [0, 0.05) is 25.8 Å². The maximum absolute atomic E-state index is 5.54. The topological polar surface area (TPSA) is 29.3 Å². The van der Waals surface area contributed by atoms with Crippen LogP contribution in [-0.4, -0.2) is 20.1 Å². The molecule has 0 unspecified atom stereocenters. The molecule has 0 bridgehead atoms. The highest BCUT2D eigenvalue weighted by atomic mass is 15.1. The largest absolute Gasteiger partial charge is 0.373 e. The maximum atomic E-state index is 5.54. The first-order chi connectivity index (χ1) is 6.57. The molecule has 0 radical (unpaired) electrons. The van der Waals surface area contributed by atoms with Crippen LogP contribution in [0.15, 0.2) is 12.1 Å². The Morgan fingerprint density at radius 1 is 1.14 bits per heavy atom. The normalized spacial score (nSPS) is 10.4. The number of benzene rings is 1. The highest BCUT2D eigenvalue weighted by Gasteiger charge is 2.06. The molecule has 14 heavy (non-hydrogen) atoms. The van der Waals surface area contributed by atoms with Crippen molar-refractivity contribution in [3.8, 4) is 0 Å². The molecule has 0 aliphatic carbocycles. The summed E-state index contributed by atoms with van der Waals surface area (Å²) in [6.07, 6.45) is 0. The molecule has 0 aliphatic rings. The second-order valence-corrected chi connectivity index (χ2v) is 3.86. The van der Waals surface area contributed by atoms with Crippen LogP contribution in [0.4, 0.5) is 5.69 Å². The molecule has 78 valence electrons. The summed E-state index contributed by atoms with van der Waals surface area (Å²) in [5.74, 6) is 0. The van der Waals surface area contributed by atoms with Gasteiger partial charge in [-0.3, -0.25) is 0 Å². The van der Waals surface area contributed by atoms with Crippen LogP contribution >= 0.6 is 0 Å². The van der Waals surface area contributed by atoms with Crippen molar-refractivity contribution in [2.24, 2.45) is 5.73 Å². The summed E-state index contributed by atoms with van der Waals surface area (Å²) >= 11 is 0. The fraction of sp³-hybridized carbons (Fsp3) is 0.500. The van der Waals surface area contributed by atoms with Crippen molar-refractivity contribution >= 4 is 5.69 Å². The number of likely N-dealkylation sites (N-methyl/N-ethyl adjacent to an activating group) is 1. The third kappa shape index (κ3) is 2.07. The van der Waals surface area contributed by atoms with E-state index in [-0.39, 0.29) is 0 Å². The lowest BCUT2D eigenvalue weighted by molar-refractivity contribution is 0.880. The molecule has 0 aromatic heterocycles. The minimum Gasteiger partial charge on any atom is -0.373 e. The third-order valence-electron chi connectivity index (χ3n) is 2.91. The SMILES string of the molecule is Cc1ccc(N(C)CCN)c(C)c1C. The van der Waals surface area contributed by atoms with Gasteiger partial charge in [0.25, 0.3) is 0 Å². The smallest absolute Gasteiger partial charge is 0.0396 e. The molecule has 0 atom stereocenters. The van der Waals surface area contributed by atoms with Crippen LogP contribution in [0.25, 0.3) is 0 Å². The van der Waals surface area contributed by atoms with E-state index in [9.17, 15) is 0 Å². The average Bonchev–Trinajstić information content (AvgIpc) is 2.15. The van der Waals surface area contributed by atoms with Crippen molar-refractivity contribution in [1.82, 2.24) is 0 Å². The highest BCUT2D eigenvalue weighted by Crippen LogP contribution is 2.23. The average molecular weight is 192 g/mol. The van der Waals surface area contributed by atoms with Crippen molar-refractivity contribution in [2.45, 2.75) is 20.8 Å². The first kappa shape index (κ1) is 11.1. The van der Waals surface area contributed by atoms with Gasteiger partial charge >= 0.3 is 0 Å². The molecule has 2 N–H and O–H groups in total. The van der Waals surface area contributed by atoms with Crippen LogP contribution < -0.4 is 10.6 Å². The van der Waals surface area contributed by atoms with Crippen molar-refractivity contribution < 1.29 is 0 Å². The predicted octanol–water partition coefficient (Wildman–Crippen LogP) is 2.01. The van der Waals surface area contributed by atoms with Crippen LogP contribution in [0.2, 0.25) is 0 Å². The summed E-state index contributed by atoms with van der Waals surface area (Å²) in [7, 11) is 2.09. The van der Waals surface area contributed by atoms with E-state index in [1.54, 1.807) is 0 Å². The molecule has 0 heterocycles. The van der Waals surface area contributed by atoms with Crippen molar-refractivity contribution in [1.29, 1.82) is 0 Å². The molecular formula is C12H20N2. The van der Waals surface area contributed by atoms with Gasteiger partial charge in [-0.15, -0.1) is 0 Å². The quantitative estimate of drug-likeness (QED) is 0.793. The van der Waals surface area contributed by atoms with Gasteiger partial charge < -0.3 is 10.6 Å². The molecule has 0 saturated heterocycles. The number of hydrogen-bond donors (Lipinski definition) is 1. The molecule has 0 fully saturated rings. The van der Waals surface area contributed by atoms with E-state index in [1.807, 2.05) is 0 Å². The minimum absolute atomic E-state index is 0.697. The van der Waals surface area contributed by atoms with Crippen molar-refractivity contribution in [3.63, 3.8) is 0 Å². The number of nitrogens with two attached hydrogens (primary N) is 1. The zero-order chi connectivity index (χ0) is 10.7. The second-order valence-electron chi connectivity index (χ2n) is 3.86. The summed E-state index contributed by atoms with van der Waals surface area (Å²) in [6.45, 7) is 8.09. The monoisotopic (exact) mass is 192 g/mol. The van der Waals surface area contributed by atoms with Crippen LogP contribution in [0.3, 0.4) is 0 Å². The van der Waals surface area contributed by atoms with Crippen LogP contribution in [0, 0.1) is 20.8 Å². The lowest BCUT2D eigenvalue weighted by Gasteiger charge is -2.22. The van der Waals surface area contributed by atoms with Gasteiger partial charge in [0.1, 0.15) is 0 Å². The Morgan fingerprint density at radius 3 is 2.36 bits per heavy atom. The van der Waals surface area contributed by atoms with Crippen LogP contribution in [0.1, 0.15) is 16.7 Å². The Hall–Kier alpha value is -1.02. The Bertz CT molecular complexity index is 318. The fourth-order valence-corrected chi connectivity index (χ4v) is 1.67. The van der Waals surface area contributed by atoms with Crippen LogP contribution in [0.5, 0.6) is 0 Å². The van der Waals surface area contributed by atoms with E-state index in [2.05, 4.69) is 44.9 Å². The molecule has 0 spiro atoms. The second kappa shape index (κ2) is 4.47. The van der Waals surface area contributed by atoms with Crippen molar-refractivity contribution in [3.05, 3.63) is 28.8 Å². The molecule has 0 saturated carbocycles. The van der Waals surface area contributed by atoms with Gasteiger partial charge in [0.2, 0.25) is 0 Å². The van der Waals surface area contributed by atoms with Crippen LogP contribution in [-0.2, 0) is 0 Å². The van der Waals surface area contributed by atoms with Gasteiger partial charge in [0.15, 0.2) is 0 Å². The molecule has 0 aliphatic heterocycles. The molecule has 1 rings (SSSR count). The minimum atomic E-state index is 0.697. The number of rotatable bonds is 3. The standard InChI is InChI=1S/C12H20N2/c1-9-5-6-12(11(3)10(9)2)14(4)8-7-13/h5-6H,7-8,13H2,1-4H3. The Kier molecular flexibility index (Phi) is 3.53. The predicted molar refractivity (Wildman–Crippen MR) is 63.0 cm³/mol. The lowest BCUT2D eigenvalue weighted by Crippen LogP contribution is -2.25. The summed E-state index contributed by atoms with van der Waals surface area (Å²) in [6, 6.07) is 4.35. The van der Waals surface area contributed by atoms with E-state index in [1.165, 1.54) is 22.4 Å². The van der Waals surface area contributed by atoms with E-state index in [4.69, 9.17) is 5.73 Å². The zero-order valence-corrected chi connectivity index (χ0v) is 9.59. The molecule has 2 nitrogen and oxygen atoms in total. The number of hydrogen-bond acceptors (Lipinski definition) is 2. The molecule has 0 amide bonds. The molecular weight excluding hydrogens is 172 g/mol. The number of aryl methyl sites for hydroxylation is 1. The third-order valence-corrected chi connectivity index (χ3v) is 2.91.